The van der Waals surface area contributed by atoms with E-state index in [1.165, 1.54) is 19.1 Å². The molecule has 0 fully saturated rings. The first-order chi connectivity index (χ1) is 11.9. The molecule has 1 aromatic carbocycles. The van der Waals surface area contributed by atoms with Crippen LogP contribution >= 0.6 is 24.8 Å². The van der Waals surface area contributed by atoms with Crippen LogP contribution in [-0.4, -0.2) is 49.1 Å². The summed E-state index contributed by atoms with van der Waals surface area (Å²) in [6, 6.07) is 7.64. The molecular weight excluding hydrogens is 389 g/mol. The third-order valence-corrected chi connectivity index (χ3v) is 3.42. The maximum Gasteiger partial charge on any atom is 0.229 e. The molecule has 1 aliphatic rings. The zero-order chi connectivity index (χ0) is 18.4. The van der Waals surface area contributed by atoms with Crippen molar-refractivity contribution in [1.82, 2.24) is 4.90 Å². The highest BCUT2D eigenvalue weighted by molar-refractivity contribution is 6.21. The van der Waals surface area contributed by atoms with Gasteiger partial charge in [0.25, 0.3) is 0 Å². The molecule has 2 rings (SSSR count). The van der Waals surface area contributed by atoms with Gasteiger partial charge in [0.2, 0.25) is 11.7 Å². The van der Waals surface area contributed by atoms with Crippen LogP contribution in [0.25, 0.3) is 0 Å². The third-order valence-electron chi connectivity index (χ3n) is 3.42. The van der Waals surface area contributed by atoms with Gasteiger partial charge in [0.15, 0.2) is 0 Å². The number of carbonyl (C=O) groups excluding carboxylic acids is 2. The van der Waals surface area contributed by atoms with Crippen molar-refractivity contribution in [3.8, 4) is 0 Å². The molecule has 0 radical (unpaired) electrons. The van der Waals surface area contributed by atoms with Crippen molar-refractivity contribution < 1.29 is 9.59 Å². The van der Waals surface area contributed by atoms with Crippen LogP contribution in [0.2, 0.25) is 0 Å². The summed E-state index contributed by atoms with van der Waals surface area (Å²) in [5.41, 5.74) is 2.48. The molecule has 0 saturated heterocycles. The number of ketones is 1. The van der Waals surface area contributed by atoms with E-state index in [0.29, 0.717) is 5.71 Å². The number of rotatable bonds is 5. The highest BCUT2D eigenvalue weighted by Crippen LogP contribution is 2.20. The van der Waals surface area contributed by atoms with Gasteiger partial charge in [0.1, 0.15) is 12.7 Å². The molecule has 0 aliphatic heterocycles. The van der Waals surface area contributed by atoms with E-state index >= 15 is 0 Å². The number of benzene rings is 1. The van der Waals surface area contributed by atoms with Gasteiger partial charge in [-0.2, -0.15) is 0 Å². The summed E-state index contributed by atoms with van der Waals surface area (Å²) in [5, 5.41) is 6.93. The van der Waals surface area contributed by atoms with E-state index < -0.39 is 0 Å². The molecule has 7 nitrogen and oxygen atoms in total. The smallest absolute Gasteiger partial charge is 0.229 e. The molecule has 0 unspecified atom stereocenters. The molecule has 0 heterocycles. The molecule has 0 spiro atoms. The summed E-state index contributed by atoms with van der Waals surface area (Å²) in [4.78, 5) is 35.0. The Bertz CT molecular complexity index is 812. The van der Waals surface area contributed by atoms with Gasteiger partial charge in [0.05, 0.1) is 17.1 Å². The second kappa shape index (κ2) is 11.1. The quantitative estimate of drug-likeness (QED) is 0.459. The summed E-state index contributed by atoms with van der Waals surface area (Å²) in [6.45, 7) is 1.32. The molecule has 144 valence electrons. The first-order valence-corrected chi connectivity index (χ1v) is 7.54. The average molecular weight is 410 g/mol. The van der Waals surface area contributed by atoms with Gasteiger partial charge in [-0.1, -0.05) is 0 Å². The molecule has 1 aliphatic carbocycles. The lowest BCUT2D eigenvalue weighted by Crippen LogP contribution is -2.32. The Hall–Kier alpha value is -2.77. The summed E-state index contributed by atoms with van der Waals surface area (Å²) in [6.07, 6.45) is 6.41. The topological polar surface area (TPSA) is 89.2 Å². The lowest BCUT2D eigenvalue weighted by Gasteiger charge is -2.19. The van der Waals surface area contributed by atoms with E-state index in [4.69, 9.17) is 5.41 Å². The molecule has 1 aromatic rings. The number of amides is 1. The van der Waals surface area contributed by atoms with Crippen LogP contribution in [0.5, 0.6) is 0 Å². The third kappa shape index (κ3) is 6.47. The Morgan fingerprint density at radius 1 is 1.11 bits per heavy atom. The number of carbonyl (C=O) groups is 2. The van der Waals surface area contributed by atoms with Crippen molar-refractivity contribution in [2.45, 2.75) is 6.92 Å². The monoisotopic (exact) mass is 409 g/mol. The maximum atomic E-state index is 12.1. The van der Waals surface area contributed by atoms with Crippen molar-refractivity contribution in [2.24, 2.45) is 9.98 Å². The van der Waals surface area contributed by atoms with Crippen molar-refractivity contribution in [3.63, 3.8) is 0 Å². The minimum absolute atomic E-state index is 0. The molecule has 0 saturated carbocycles. The van der Waals surface area contributed by atoms with Gasteiger partial charge in [-0.25, -0.2) is 9.98 Å². The molecule has 0 aromatic heterocycles. The lowest BCUT2D eigenvalue weighted by atomic mass is 10.1. The van der Waals surface area contributed by atoms with Crippen molar-refractivity contribution in [2.75, 3.05) is 19.0 Å². The van der Waals surface area contributed by atoms with Crippen LogP contribution in [0.1, 0.15) is 6.92 Å². The fourth-order valence-electron chi connectivity index (χ4n) is 2.15. The van der Waals surface area contributed by atoms with Crippen molar-refractivity contribution in [3.05, 3.63) is 48.2 Å². The maximum absolute atomic E-state index is 12.1. The minimum Gasteiger partial charge on any atom is -0.378 e. The van der Waals surface area contributed by atoms with Gasteiger partial charge in [-0.05, 0) is 42.5 Å². The van der Waals surface area contributed by atoms with Crippen LogP contribution < -0.4 is 4.90 Å². The lowest BCUT2D eigenvalue weighted by molar-refractivity contribution is -0.125. The Morgan fingerprint density at radius 3 is 2.26 bits per heavy atom. The first-order valence-electron chi connectivity index (χ1n) is 7.54. The molecule has 1 amide bonds. The second-order valence-corrected chi connectivity index (χ2v) is 5.46. The van der Waals surface area contributed by atoms with E-state index in [0.717, 1.165) is 29.0 Å². The van der Waals surface area contributed by atoms with Gasteiger partial charge in [0, 0.05) is 26.7 Å². The second-order valence-electron chi connectivity index (χ2n) is 5.46. The molecular formula is C18H21Cl2N5O2. The van der Waals surface area contributed by atoms with Crippen LogP contribution in [0.15, 0.2) is 58.2 Å². The SMILES string of the molecule is CC(=O)N(C=NC=N)C1=CC(=Nc2ccc(N(C)C)cc2)C=CC1=O.Cl.Cl. The Morgan fingerprint density at radius 2 is 1.74 bits per heavy atom. The Balaban J connectivity index is 0.00000338. The molecule has 27 heavy (non-hydrogen) atoms. The predicted molar refractivity (Wildman–Crippen MR) is 114 cm³/mol. The molecule has 1 N–H and O–H groups in total. The van der Waals surface area contributed by atoms with Crippen LogP contribution in [0, 0.1) is 5.41 Å². The number of anilines is 1. The fourth-order valence-corrected chi connectivity index (χ4v) is 2.15. The number of hydrogen-bond acceptors (Lipinski definition) is 5. The highest BCUT2D eigenvalue weighted by Gasteiger charge is 2.21. The van der Waals surface area contributed by atoms with E-state index in [1.807, 2.05) is 43.3 Å². The van der Waals surface area contributed by atoms with Gasteiger partial charge in [-0.3, -0.25) is 19.9 Å². The highest BCUT2D eigenvalue weighted by atomic mass is 35.5. The molecule has 0 bridgehead atoms. The summed E-state index contributed by atoms with van der Waals surface area (Å²) in [5.74, 6) is -0.705. The number of allylic oxidation sites excluding steroid dienone is 3. The standard InChI is InChI=1S/C18H19N5O2.2ClH/c1-13(24)23(12-20-11-19)17-10-15(6-9-18(17)25)21-14-4-7-16(8-5-14)22(2)3;;/h4-12,19H,1-3H3;2*1H. The van der Waals surface area contributed by atoms with E-state index in [9.17, 15) is 9.59 Å². The molecule has 9 heteroatoms. The van der Waals surface area contributed by atoms with Gasteiger partial charge < -0.3 is 4.90 Å². The number of nitrogens with one attached hydrogen (secondary N) is 1. The normalized spacial score (nSPS) is 14.3. The predicted octanol–water partition coefficient (Wildman–Crippen LogP) is 3.18. The number of aliphatic imine (C=N–C) groups is 2. The largest absolute Gasteiger partial charge is 0.378 e. The zero-order valence-electron chi connectivity index (χ0n) is 15.1. The number of nitrogens with zero attached hydrogens (tertiary/aromatic N) is 4. The van der Waals surface area contributed by atoms with Crippen LogP contribution in [0.4, 0.5) is 11.4 Å². The first kappa shape index (κ1) is 24.2. The number of hydrogen-bond donors (Lipinski definition) is 1. The van der Waals surface area contributed by atoms with E-state index in [2.05, 4.69) is 9.98 Å². The fraction of sp³-hybridized carbons (Fsp3) is 0.167. The Labute approximate surface area is 170 Å². The van der Waals surface area contributed by atoms with Crippen LogP contribution in [-0.2, 0) is 9.59 Å². The zero-order valence-corrected chi connectivity index (χ0v) is 16.8. The van der Waals surface area contributed by atoms with Gasteiger partial charge in [-0.15, -0.1) is 24.8 Å². The Kier molecular flexibility index (Phi) is 9.92. The van der Waals surface area contributed by atoms with E-state index in [1.54, 1.807) is 6.08 Å². The summed E-state index contributed by atoms with van der Waals surface area (Å²) >= 11 is 0. The summed E-state index contributed by atoms with van der Waals surface area (Å²) < 4.78 is 0. The number of halogens is 2. The van der Waals surface area contributed by atoms with E-state index in [-0.39, 0.29) is 42.2 Å². The van der Waals surface area contributed by atoms with Crippen molar-refractivity contribution in [1.29, 1.82) is 5.41 Å². The van der Waals surface area contributed by atoms with Gasteiger partial charge >= 0.3 is 0 Å². The minimum atomic E-state index is -0.379. The molecule has 0 atom stereocenters. The average Bonchev–Trinajstić information content (AvgIpc) is 2.58. The van der Waals surface area contributed by atoms with Crippen LogP contribution in [0.3, 0.4) is 0 Å². The van der Waals surface area contributed by atoms with Crippen molar-refractivity contribution >= 4 is 66.3 Å². The summed E-state index contributed by atoms with van der Waals surface area (Å²) in [7, 11) is 3.91.